The Hall–Kier alpha value is 0.0938. The van der Waals surface area contributed by atoms with Gasteiger partial charge in [-0.1, -0.05) is 74.3 Å². The minimum Gasteiger partial charge on any atom is -0.417 e. The maximum absolute atomic E-state index is 7.02. The van der Waals surface area contributed by atoms with E-state index in [0.29, 0.717) is 11.1 Å². The summed E-state index contributed by atoms with van der Waals surface area (Å²) in [5.41, 5.74) is 0. The molecule has 0 radical (unpaired) electrons. The molecule has 1 aliphatic carbocycles. The van der Waals surface area contributed by atoms with Crippen molar-refractivity contribution in [3.05, 3.63) is 12.7 Å². The van der Waals surface area contributed by atoms with Crippen LogP contribution in [-0.4, -0.2) is 29.3 Å². The lowest BCUT2D eigenvalue weighted by Crippen LogP contribution is -2.44. The Morgan fingerprint density at radius 1 is 0.824 bits per heavy atom. The Bertz CT molecular complexity index is 600. The fourth-order valence-electron chi connectivity index (χ4n) is 5.31. The molecule has 0 N–H and O–H groups in total. The topological polar surface area (TPSA) is 18.5 Å². The Kier molecular flexibility index (Phi) is 12.3. The van der Waals surface area contributed by atoms with Crippen molar-refractivity contribution in [3.63, 3.8) is 0 Å². The summed E-state index contributed by atoms with van der Waals surface area (Å²) in [6.07, 6.45) is 12.6. The molecule has 0 spiro atoms. The van der Waals surface area contributed by atoms with Gasteiger partial charge in [-0.05, 0) is 98.5 Å². The Morgan fingerprint density at radius 2 is 1.38 bits per heavy atom. The third-order valence-corrected chi connectivity index (χ3v) is 18.8. The van der Waals surface area contributed by atoms with Gasteiger partial charge in [0, 0.05) is 12.7 Å². The van der Waals surface area contributed by atoms with Gasteiger partial charge in [-0.25, -0.2) is 0 Å². The first-order valence-electron chi connectivity index (χ1n) is 14.4. The van der Waals surface area contributed by atoms with Crippen molar-refractivity contribution in [2.24, 2.45) is 23.7 Å². The van der Waals surface area contributed by atoms with Gasteiger partial charge in [0.15, 0.2) is 16.6 Å². The van der Waals surface area contributed by atoms with Gasteiger partial charge in [0.05, 0.1) is 0 Å². The van der Waals surface area contributed by atoms with Gasteiger partial charge < -0.3 is 8.85 Å². The first-order valence-corrected chi connectivity index (χ1v) is 20.2. The molecule has 202 valence electrons. The number of hydrogen-bond donors (Lipinski definition) is 0. The smallest absolute Gasteiger partial charge is 0.192 e. The number of rotatable bonds is 14. The van der Waals surface area contributed by atoms with E-state index in [1.807, 2.05) is 0 Å². The van der Waals surface area contributed by atoms with Gasteiger partial charge in [-0.2, -0.15) is 0 Å². The van der Waals surface area contributed by atoms with E-state index in [9.17, 15) is 0 Å². The molecule has 1 unspecified atom stereocenters. The molecule has 1 aliphatic rings. The summed E-state index contributed by atoms with van der Waals surface area (Å²) in [6.45, 7) is 33.6. The molecule has 4 heteroatoms. The summed E-state index contributed by atoms with van der Waals surface area (Å²) < 4.78 is 13.4. The molecular formula is C30H62O2Si2. The van der Waals surface area contributed by atoms with Gasteiger partial charge in [0.2, 0.25) is 0 Å². The van der Waals surface area contributed by atoms with Crippen LogP contribution >= 0.6 is 0 Å². The van der Waals surface area contributed by atoms with Gasteiger partial charge in [-0.3, -0.25) is 0 Å². The molecule has 5 atom stereocenters. The lowest BCUT2D eigenvalue weighted by Gasteiger charge is -2.40. The van der Waals surface area contributed by atoms with Gasteiger partial charge in [-0.15, -0.1) is 6.58 Å². The van der Waals surface area contributed by atoms with E-state index in [0.717, 1.165) is 30.3 Å². The van der Waals surface area contributed by atoms with Crippen LogP contribution in [-0.2, 0) is 8.85 Å². The average molecular weight is 511 g/mol. The van der Waals surface area contributed by atoms with Crippen molar-refractivity contribution in [3.8, 4) is 0 Å². The van der Waals surface area contributed by atoms with Crippen LogP contribution in [0.1, 0.15) is 107 Å². The lowest BCUT2D eigenvalue weighted by atomic mass is 9.81. The molecule has 2 nitrogen and oxygen atoms in total. The van der Waals surface area contributed by atoms with Crippen LogP contribution in [0.5, 0.6) is 0 Å². The molecule has 1 fully saturated rings. The lowest BCUT2D eigenvalue weighted by molar-refractivity contribution is 0.137. The highest BCUT2D eigenvalue weighted by Crippen LogP contribution is 2.46. The van der Waals surface area contributed by atoms with Crippen molar-refractivity contribution in [1.82, 2.24) is 0 Å². The normalized spacial score (nSPS) is 25.5. The molecule has 0 aliphatic heterocycles. The molecule has 0 saturated heterocycles. The molecule has 0 aromatic carbocycles. The average Bonchev–Trinajstić information content (AvgIpc) is 2.93. The van der Waals surface area contributed by atoms with Crippen LogP contribution in [0, 0.1) is 23.7 Å². The standard InChI is InChI=1S/C30H62O2Si2/c1-14-18-27-24(2)23-25(3)28(27)21-20-26(32-34(12,13)30(7,8)9)19-16-15-17-22-31-33(10,11)29(4,5)6/h14,24-28H,1,15-23H2,2-13H3/t24-,25+,26?,27-,28-/m0/s1. The van der Waals surface area contributed by atoms with Crippen molar-refractivity contribution < 1.29 is 8.85 Å². The summed E-state index contributed by atoms with van der Waals surface area (Å²) >= 11 is 0. The molecule has 0 bridgehead atoms. The Labute approximate surface area is 217 Å². The summed E-state index contributed by atoms with van der Waals surface area (Å²) in [5, 5.41) is 0.566. The van der Waals surface area contributed by atoms with Crippen molar-refractivity contribution in [1.29, 1.82) is 0 Å². The largest absolute Gasteiger partial charge is 0.417 e. The maximum Gasteiger partial charge on any atom is 0.192 e. The summed E-state index contributed by atoms with van der Waals surface area (Å²) in [4.78, 5) is 0. The van der Waals surface area contributed by atoms with Gasteiger partial charge in [0.25, 0.3) is 0 Å². The second-order valence-electron chi connectivity index (χ2n) is 14.6. The summed E-state index contributed by atoms with van der Waals surface area (Å²) in [7, 11) is -3.38. The van der Waals surface area contributed by atoms with Crippen LogP contribution in [0.3, 0.4) is 0 Å². The van der Waals surface area contributed by atoms with Crippen LogP contribution in [0.25, 0.3) is 0 Å². The fraction of sp³-hybridized carbons (Fsp3) is 0.933. The van der Waals surface area contributed by atoms with Gasteiger partial charge >= 0.3 is 0 Å². The van der Waals surface area contributed by atoms with Crippen LogP contribution < -0.4 is 0 Å². The minimum atomic E-state index is -1.76. The summed E-state index contributed by atoms with van der Waals surface area (Å²) in [6, 6.07) is 0. The molecule has 1 saturated carbocycles. The monoisotopic (exact) mass is 510 g/mol. The summed E-state index contributed by atoms with van der Waals surface area (Å²) in [5.74, 6) is 3.31. The zero-order valence-electron chi connectivity index (χ0n) is 25.4. The highest BCUT2D eigenvalue weighted by Gasteiger charge is 2.41. The highest BCUT2D eigenvalue weighted by molar-refractivity contribution is 6.74. The van der Waals surface area contributed by atoms with Crippen LogP contribution in [0.15, 0.2) is 12.7 Å². The second kappa shape index (κ2) is 13.1. The highest BCUT2D eigenvalue weighted by atomic mass is 28.4. The first kappa shape index (κ1) is 32.1. The van der Waals surface area contributed by atoms with Gasteiger partial charge in [0.1, 0.15) is 0 Å². The third-order valence-electron chi connectivity index (χ3n) is 9.72. The fourth-order valence-corrected chi connectivity index (χ4v) is 7.82. The maximum atomic E-state index is 7.02. The predicted molar refractivity (Wildman–Crippen MR) is 158 cm³/mol. The van der Waals surface area contributed by atoms with Crippen LogP contribution in [0.2, 0.25) is 36.3 Å². The van der Waals surface area contributed by atoms with E-state index in [1.165, 1.54) is 51.4 Å². The molecular weight excluding hydrogens is 449 g/mol. The van der Waals surface area contributed by atoms with E-state index in [-0.39, 0.29) is 5.04 Å². The zero-order chi connectivity index (χ0) is 26.4. The molecule has 34 heavy (non-hydrogen) atoms. The number of hydrogen-bond acceptors (Lipinski definition) is 2. The molecule has 0 heterocycles. The Balaban J connectivity index is 2.67. The molecule has 0 amide bonds. The number of allylic oxidation sites excluding steroid dienone is 1. The van der Waals surface area contributed by atoms with E-state index >= 15 is 0 Å². The molecule has 1 rings (SSSR count). The first-order chi connectivity index (χ1) is 15.4. The predicted octanol–water partition coefficient (Wildman–Crippen LogP) is 10.2. The Morgan fingerprint density at radius 3 is 1.91 bits per heavy atom. The number of unbranched alkanes of at least 4 members (excludes halogenated alkanes) is 2. The molecule has 0 aromatic heterocycles. The second-order valence-corrected chi connectivity index (χ2v) is 24.1. The minimum absolute atomic E-state index is 0.267. The van der Waals surface area contributed by atoms with Crippen molar-refractivity contribution in [2.75, 3.05) is 6.61 Å². The van der Waals surface area contributed by atoms with Crippen LogP contribution in [0.4, 0.5) is 0 Å². The molecule has 0 aromatic rings. The van der Waals surface area contributed by atoms with E-state index in [2.05, 4.69) is 94.2 Å². The van der Waals surface area contributed by atoms with Crippen molar-refractivity contribution in [2.45, 2.75) is 149 Å². The SMILES string of the molecule is C=CC[C@@H]1[C@@H](CCC(CCCCCO[Si](C)(C)C(C)(C)C)O[Si](C)(C)C(C)(C)C)[C@H](C)C[C@@H]1C. The van der Waals surface area contributed by atoms with Crippen molar-refractivity contribution >= 4 is 16.6 Å². The van der Waals surface area contributed by atoms with E-state index in [4.69, 9.17) is 8.85 Å². The zero-order valence-corrected chi connectivity index (χ0v) is 27.4. The van der Waals surface area contributed by atoms with E-state index < -0.39 is 16.6 Å². The van der Waals surface area contributed by atoms with E-state index in [1.54, 1.807) is 0 Å². The quantitative estimate of drug-likeness (QED) is 0.131. The third kappa shape index (κ3) is 9.52.